The number of hydrogen-bond acceptors (Lipinski definition) is 4. The number of hydrogen-bond donors (Lipinski definition) is 0. The summed E-state index contributed by atoms with van der Waals surface area (Å²) in [7, 11) is -3.55. The number of sulfonamides is 1. The van der Waals surface area contributed by atoms with Gasteiger partial charge in [0, 0.05) is 13.1 Å². The van der Waals surface area contributed by atoms with Crippen LogP contribution < -0.4 is 5.11 Å². The van der Waals surface area contributed by atoms with E-state index in [4.69, 9.17) is 0 Å². The van der Waals surface area contributed by atoms with Crippen LogP contribution in [0, 0.1) is 0 Å². The second kappa shape index (κ2) is 8.61. The number of benzene rings is 1. The Kier molecular flexibility index (Phi) is 8.34. The van der Waals surface area contributed by atoms with E-state index in [0.29, 0.717) is 13.1 Å². The Balaban J connectivity index is 0.00000361. The van der Waals surface area contributed by atoms with Crippen LogP contribution in [0.15, 0.2) is 29.2 Å². The van der Waals surface area contributed by atoms with Crippen molar-refractivity contribution in [2.75, 3.05) is 13.1 Å². The molecule has 0 heterocycles. The minimum atomic E-state index is -3.55. The van der Waals surface area contributed by atoms with E-state index in [1.807, 2.05) is 13.8 Å². The molecule has 1 aromatic carbocycles. The van der Waals surface area contributed by atoms with Crippen LogP contribution >= 0.6 is 0 Å². The minimum Gasteiger partial charge on any atom is -0.545 e. The summed E-state index contributed by atoms with van der Waals surface area (Å²) >= 11 is 0. The summed E-state index contributed by atoms with van der Waals surface area (Å²) in [6.45, 7) is 4.74. The van der Waals surface area contributed by atoms with Gasteiger partial charge in [0.2, 0.25) is 10.0 Å². The molecule has 0 aliphatic carbocycles. The molecule has 0 aliphatic heterocycles. The molecule has 0 saturated heterocycles. The fourth-order valence-electron chi connectivity index (χ4n) is 1.76. The first-order chi connectivity index (χ1) is 8.93. The molecule has 0 atom stereocenters. The Hall–Kier alpha value is -0.634. The number of carbonyl (C=O) groups excluding carboxylic acids is 1. The van der Waals surface area contributed by atoms with E-state index in [1.165, 1.54) is 28.6 Å². The minimum absolute atomic E-state index is 0. The van der Waals surface area contributed by atoms with E-state index in [1.54, 1.807) is 0 Å². The molecule has 5 nitrogen and oxygen atoms in total. The summed E-state index contributed by atoms with van der Waals surface area (Å²) in [5.74, 6) is -1.32. The third kappa shape index (κ3) is 4.73. The number of aromatic carboxylic acids is 1. The Morgan fingerprint density at radius 2 is 1.55 bits per heavy atom. The van der Waals surface area contributed by atoms with E-state index in [2.05, 4.69) is 0 Å². The maximum atomic E-state index is 12.4. The second-order valence-electron chi connectivity index (χ2n) is 4.22. The molecule has 0 aliphatic rings. The van der Waals surface area contributed by atoms with Crippen LogP contribution in [0.3, 0.4) is 0 Å². The summed E-state index contributed by atoms with van der Waals surface area (Å²) in [5.41, 5.74) is -0.0310. The summed E-state index contributed by atoms with van der Waals surface area (Å²) < 4.78 is 26.1. The standard InChI is InChI=1S/C13H19NO4S.Mg/c1-3-9-14(10-4-2)19(17,18)12-7-5-11(6-8-12)13(15)16;/h5-8H,3-4,9-10H2,1-2H3,(H,15,16);/q;+2/p-1. The van der Waals surface area contributed by atoms with Crippen molar-refractivity contribution < 1.29 is 18.3 Å². The molecule has 0 N–H and O–H groups in total. The predicted molar refractivity (Wildman–Crippen MR) is 75.9 cm³/mol. The molecule has 0 spiro atoms. The van der Waals surface area contributed by atoms with Gasteiger partial charge in [-0.3, -0.25) is 0 Å². The number of carboxylic acid groups (broad SMARTS) is 1. The zero-order valence-electron chi connectivity index (χ0n) is 11.8. The van der Waals surface area contributed by atoms with Crippen LogP contribution in [-0.2, 0) is 10.0 Å². The zero-order chi connectivity index (χ0) is 14.5. The quantitative estimate of drug-likeness (QED) is 0.686. The zero-order valence-corrected chi connectivity index (χ0v) is 14.1. The molecule has 7 heteroatoms. The molecular formula is C13H18MgNO4S+. The normalized spacial score (nSPS) is 11.2. The largest absolute Gasteiger partial charge is 2.00 e. The number of carbonyl (C=O) groups is 1. The van der Waals surface area contributed by atoms with Crippen LogP contribution in [-0.4, -0.2) is 54.8 Å². The van der Waals surface area contributed by atoms with E-state index in [-0.39, 0.29) is 33.5 Å². The monoisotopic (exact) mass is 308 g/mol. The van der Waals surface area contributed by atoms with Gasteiger partial charge < -0.3 is 9.90 Å². The van der Waals surface area contributed by atoms with Crippen LogP contribution in [0.1, 0.15) is 37.0 Å². The van der Waals surface area contributed by atoms with Crippen molar-refractivity contribution in [1.29, 1.82) is 0 Å². The first kappa shape index (κ1) is 19.4. The van der Waals surface area contributed by atoms with Crippen molar-refractivity contribution in [2.24, 2.45) is 0 Å². The van der Waals surface area contributed by atoms with Crippen molar-refractivity contribution in [3.05, 3.63) is 29.8 Å². The average molecular weight is 309 g/mol. The average Bonchev–Trinajstić information content (AvgIpc) is 2.38. The van der Waals surface area contributed by atoms with Crippen molar-refractivity contribution in [3.63, 3.8) is 0 Å². The molecular weight excluding hydrogens is 291 g/mol. The third-order valence-corrected chi connectivity index (χ3v) is 4.59. The van der Waals surface area contributed by atoms with Crippen molar-refractivity contribution >= 4 is 39.0 Å². The Morgan fingerprint density at radius 1 is 1.10 bits per heavy atom. The SMILES string of the molecule is CCCN(CCC)S(=O)(=O)c1ccc(C(=O)[O-])cc1.[Mg+2]. The van der Waals surface area contributed by atoms with Crippen molar-refractivity contribution in [1.82, 2.24) is 4.31 Å². The summed E-state index contributed by atoms with van der Waals surface area (Å²) in [4.78, 5) is 10.7. The van der Waals surface area contributed by atoms with Crippen LogP contribution in [0.25, 0.3) is 0 Å². The molecule has 20 heavy (non-hydrogen) atoms. The fourth-order valence-corrected chi connectivity index (χ4v) is 3.39. The Bertz CT molecular complexity index is 522. The van der Waals surface area contributed by atoms with Gasteiger partial charge in [-0.05, 0) is 30.5 Å². The van der Waals surface area contributed by atoms with Gasteiger partial charge in [-0.2, -0.15) is 4.31 Å². The van der Waals surface area contributed by atoms with Gasteiger partial charge in [0.25, 0.3) is 0 Å². The molecule has 0 amide bonds. The van der Waals surface area contributed by atoms with E-state index in [9.17, 15) is 18.3 Å². The molecule has 0 aromatic heterocycles. The molecule has 0 saturated carbocycles. The van der Waals surface area contributed by atoms with E-state index < -0.39 is 16.0 Å². The van der Waals surface area contributed by atoms with Gasteiger partial charge in [-0.25, -0.2) is 8.42 Å². The van der Waals surface area contributed by atoms with Gasteiger partial charge in [0.05, 0.1) is 10.9 Å². The van der Waals surface area contributed by atoms with Crippen molar-refractivity contribution in [3.8, 4) is 0 Å². The molecule has 0 unspecified atom stereocenters. The number of nitrogens with zero attached hydrogens (tertiary/aromatic N) is 1. The molecule has 1 aromatic rings. The maximum Gasteiger partial charge on any atom is 2.00 e. The summed E-state index contributed by atoms with van der Waals surface area (Å²) in [5, 5.41) is 10.6. The molecule has 106 valence electrons. The van der Waals surface area contributed by atoms with Gasteiger partial charge in [-0.15, -0.1) is 0 Å². The fraction of sp³-hybridized carbons (Fsp3) is 0.462. The molecule has 0 fully saturated rings. The van der Waals surface area contributed by atoms with E-state index >= 15 is 0 Å². The van der Waals surface area contributed by atoms with Gasteiger partial charge in [-0.1, -0.05) is 26.0 Å². The third-order valence-electron chi connectivity index (χ3n) is 2.67. The topological polar surface area (TPSA) is 77.5 Å². The first-order valence-corrected chi connectivity index (χ1v) is 7.69. The summed E-state index contributed by atoms with van der Waals surface area (Å²) in [6.07, 6.45) is 1.46. The van der Waals surface area contributed by atoms with Crippen LogP contribution in [0.5, 0.6) is 0 Å². The molecule has 1 rings (SSSR count). The first-order valence-electron chi connectivity index (χ1n) is 6.25. The molecule has 0 bridgehead atoms. The Labute approximate surface area is 136 Å². The van der Waals surface area contributed by atoms with Gasteiger partial charge in [0.15, 0.2) is 0 Å². The number of rotatable bonds is 7. The smallest absolute Gasteiger partial charge is 0.545 e. The van der Waals surface area contributed by atoms with Crippen LogP contribution in [0.4, 0.5) is 0 Å². The maximum absolute atomic E-state index is 12.4. The molecule has 0 radical (unpaired) electrons. The Morgan fingerprint density at radius 3 is 1.90 bits per heavy atom. The van der Waals surface area contributed by atoms with Gasteiger partial charge in [0.1, 0.15) is 0 Å². The van der Waals surface area contributed by atoms with Gasteiger partial charge >= 0.3 is 23.1 Å². The van der Waals surface area contributed by atoms with Crippen molar-refractivity contribution in [2.45, 2.75) is 31.6 Å². The predicted octanol–water partition coefficient (Wildman–Crippen LogP) is 0.480. The van der Waals surface area contributed by atoms with Crippen LogP contribution in [0.2, 0.25) is 0 Å². The van der Waals surface area contributed by atoms with E-state index in [0.717, 1.165) is 12.8 Å². The summed E-state index contributed by atoms with van der Waals surface area (Å²) in [6, 6.07) is 5.11. The second-order valence-corrected chi connectivity index (χ2v) is 6.15. The number of carboxylic acids is 1.